The fourth-order valence-corrected chi connectivity index (χ4v) is 3.21. The lowest BCUT2D eigenvalue weighted by atomic mass is 10.2. The third kappa shape index (κ3) is 5.04. The summed E-state index contributed by atoms with van der Waals surface area (Å²) < 4.78 is 28.0. The first kappa shape index (κ1) is 22.9. The maximum atomic E-state index is 12.0. The number of hydrogen-bond donors (Lipinski definition) is 3. The van der Waals surface area contributed by atoms with Crippen molar-refractivity contribution in [3.8, 4) is 40.8 Å². The van der Waals surface area contributed by atoms with Crippen LogP contribution in [0.1, 0.15) is 12.5 Å². The zero-order chi connectivity index (χ0) is 24.2. The van der Waals surface area contributed by atoms with Crippen molar-refractivity contribution >= 4 is 29.0 Å². The molecular formula is C22H20ClN5O6. The number of anilines is 1. The van der Waals surface area contributed by atoms with Gasteiger partial charge in [-0.2, -0.15) is 9.97 Å². The van der Waals surface area contributed by atoms with Crippen LogP contribution in [-0.2, 0) is 4.79 Å². The lowest BCUT2D eigenvalue weighted by Gasteiger charge is -2.20. The van der Waals surface area contributed by atoms with Crippen molar-refractivity contribution in [2.75, 3.05) is 25.6 Å². The second kappa shape index (κ2) is 9.71. The van der Waals surface area contributed by atoms with Crippen LogP contribution in [0.15, 0.2) is 36.4 Å². The fourth-order valence-electron chi connectivity index (χ4n) is 3.00. The number of rotatable bonds is 8. The normalized spacial score (nSPS) is 12.1. The van der Waals surface area contributed by atoms with Crippen LogP contribution in [0.4, 0.5) is 5.69 Å². The van der Waals surface area contributed by atoms with Crippen molar-refractivity contribution in [3.63, 3.8) is 0 Å². The van der Waals surface area contributed by atoms with Gasteiger partial charge in [-0.3, -0.25) is 10.2 Å². The molecule has 0 fully saturated rings. The molecule has 12 heteroatoms. The number of carbonyl (C=O) groups excluding carboxylic acids is 1. The Hall–Kier alpha value is -4.25. The lowest BCUT2D eigenvalue weighted by molar-refractivity contribution is -0.118. The van der Waals surface area contributed by atoms with Crippen LogP contribution in [0.25, 0.3) is 0 Å². The van der Waals surface area contributed by atoms with E-state index in [2.05, 4.69) is 15.3 Å². The van der Waals surface area contributed by atoms with Gasteiger partial charge in [-0.25, -0.2) is 0 Å². The molecule has 0 radical (unpaired) electrons. The third-order valence-electron chi connectivity index (χ3n) is 4.48. The molecule has 1 aromatic heterocycles. The summed E-state index contributed by atoms with van der Waals surface area (Å²) in [6.07, 6.45) is 0. The number of aromatic nitrogens is 2. The van der Waals surface area contributed by atoms with Gasteiger partial charge in [0.25, 0.3) is 11.8 Å². The number of amidine groups is 1. The molecule has 176 valence electrons. The number of fused-ring (bicyclic) bond motifs is 1. The van der Waals surface area contributed by atoms with E-state index in [-0.39, 0.29) is 41.6 Å². The summed E-state index contributed by atoms with van der Waals surface area (Å²) in [6.45, 7) is 1.94. The second-order valence-corrected chi connectivity index (χ2v) is 7.30. The average molecular weight is 486 g/mol. The molecule has 0 spiro atoms. The zero-order valence-electron chi connectivity index (χ0n) is 18.2. The summed E-state index contributed by atoms with van der Waals surface area (Å²) in [5, 5.41) is 10.7. The smallest absolute Gasteiger partial charge is 0.328 e. The lowest BCUT2D eigenvalue weighted by Crippen LogP contribution is -2.26. The van der Waals surface area contributed by atoms with Gasteiger partial charge in [0.1, 0.15) is 17.3 Å². The van der Waals surface area contributed by atoms with Gasteiger partial charge in [-0.05, 0) is 37.3 Å². The Morgan fingerprint density at radius 1 is 1.18 bits per heavy atom. The Bertz CT molecular complexity index is 1270. The molecule has 11 nitrogen and oxygen atoms in total. The largest absolute Gasteiger partial charge is 0.497 e. The van der Waals surface area contributed by atoms with Crippen LogP contribution in [0.2, 0.25) is 5.02 Å². The molecule has 1 aliphatic rings. The molecule has 1 aliphatic heterocycles. The molecule has 0 bridgehead atoms. The third-order valence-corrected chi connectivity index (χ3v) is 4.70. The Kier molecular flexibility index (Phi) is 6.55. The van der Waals surface area contributed by atoms with Gasteiger partial charge >= 0.3 is 6.01 Å². The minimum Gasteiger partial charge on any atom is -0.497 e. The molecule has 4 rings (SSSR count). The zero-order valence-corrected chi connectivity index (χ0v) is 18.9. The molecule has 2 heterocycles. The van der Waals surface area contributed by atoms with Crippen LogP contribution in [-0.4, -0.2) is 42.0 Å². The standard InChI is InChI=1S/C22H20ClN5O6/c1-3-31-15-5-4-11(19(24)25)6-16(15)34-21-18-20(32-10-17(29)26-18)27-22(28-21)33-14-8-12(23)7-13(9-14)30-2/h4-9H,3,10H2,1-2H3,(H3,24,25)(H,26,29). The van der Waals surface area contributed by atoms with Crippen LogP contribution in [0.5, 0.6) is 40.8 Å². The van der Waals surface area contributed by atoms with Gasteiger partial charge in [0.05, 0.1) is 13.7 Å². The molecule has 0 saturated carbocycles. The van der Waals surface area contributed by atoms with Crippen LogP contribution in [0, 0.1) is 5.41 Å². The van der Waals surface area contributed by atoms with Crippen LogP contribution < -0.4 is 34.7 Å². The molecule has 0 atom stereocenters. The summed E-state index contributed by atoms with van der Waals surface area (Å²) >= 11 is 6.11. The number of nitrogens with zero attached hydrogens (tertiary/aromatic N) is 2. The highest BCUT2D eigenvalue weighted by Gasteiger charge is 2.26. The Labute approximate surface area is 199 Å². The van der Waals surface area contributed by atoms with Crippen molar-refractivity contribution in [2.24, 2.45) is 5.73 Å². The Morgan fingerprint density at radius 2 is 1.97 bits per heavy atom. The number of amides is 1. The summed E-state index contributed by atoms with van der Waals surface area (Å²) in [5.41, 5.74) is 6.14. The number of halogens is 1. The van der Waals surface area contributed by atoms with Crippen LogP contribution >= 0.6 is 11.6 Å². The highest BCUT2D eigenvalue weighted by molar-refractivity contribution is 6.30. The predicted molar refractivity (Wildman–Crippen MR) is 123 cm³/mol. The molecule has 0 unspecified atom stereocenters. The minimum absolute atomic E-state index is 0.0503. The van der Waals surface area contributed by atoms with Crippen LogP contribution in [0.3, 0.4) is 0 Å². The van der Waals surface area contributed by atoms with Gasteiger partial charge in [-0.15, -0.1) is 0 Å². The molecule has 34 heavy (non-hydrogen) atoms. The molecular weight excluding hydrogens is 466 g/mol. The van der Waals surface area contributed by atoms with Crippen molar-refractivity contribution < 1.29 is 28.5 Å². The van der Waals surface area contributed by atoms with E-state index >= 15 is 0 Å². The van der Waals surface area contributed by atoms with Crippen molar-refractivity contribution in [2.45, 2.75) is 6.92 Å². The molecule has 2 aromatic carbocycles. The van der Waals surface area contributed by atoms with Gasteiger partial charge < -0.3 is 34.7 Å². The number of ether oxygens (including phenoxy) is 5. The van der Waals surface area contributed by atoms with E-state index in [0.29, 0.717) is 34.4 Å². The van der Waals surface area contributed by atoms with Gasteiger partial charge in [-0.1, -0.05) is 11.6 Å². The first-order valence-corrected chi connectivity index (χ1v) is 10.4. The number of methoxy groups -OCH3 is 1. The number of nitrogen functional groups attached to an aromatic ring is 1. The number of hydrogen-bond acceptors (Lipinski definition) is 9. The van der Waals surface area contributed by atoms with E-state index in [1.807, 2.05) is 6.92 Å². The molecule has 0 aliphatic carbocycles. The van der Waals surface area contributed by atoms with Gasteiger partial charge in [0.15, 0.2) is 23.8 Å². The van der Waals surface area contributed by atoms with Gasteiger partial charge in [0, 0.05) is 16.7 Å². The fraction of sp³-hybridized carbons (Fsp3) is 0.182. The molecule has 4 N–H and O–H groups in total. The highest BCUT2D eigenvalue weighted by atomic mass is 35.5. The number of benzene rings is 2. The van der Waals surface area contributed by atoms with E-state index in [1.54, 1.807) is 30.3 Å². The second-order valence-electron chi connectivity index (χ2n) is 6.87. The van der Waals surface area contributed by atoms with Crippen molar-refractivity contribution in [1.29, 1.82) is 5.41 Å². The monoisotopic (exact) mass is 485 g/mol. The number of nitrogens with two attached hydrogens (primary N) is 1. The van der Waals surface area contributed by atoms with E-state index < -0.39 is 5.91 Å². The quantitative estimate of drug-likeness (QED) is 0.320. The first-order valence-electron chi connectivity index (χ1n) is 10.0. The maximum absolute atomic E-state index is 12.0. The Balaban J connectivity index is 1.76. The average Bonchev–Trinajstić information content (AvgIpc) is 2.80. The van der Waals surface area contributed by atoms with Gasteiger partial charge in [0.2, 0.25) is 5.88 Å². The number of carbonyl (C=O) groups is 1. The molecule has 0 saturated heterocycles. The molecule has 1 amide bonds. The first-order chi connectivity index (χ1) is 16.4. The van der Waals surface area contributed by atoms with E-state index in [0.717, 1.165) is 0 Å². The minimum atomic E-state index is -0.406. The summed E-state index contributed by atoms with van der Waals surface area (Å²) in [4.78, 5) is 20.5. The SMILES string of the molecule is CCOc1ccc(C(=N)N)cc1Oc1nc(Oc2cc(Cl)cc(OC)c2)nc2c1NC(=O)CO2. The topological polar surface area (TPSA) is 151 Å². The van der Waals surface area contributed by atoms with E-state index in [1.165, 1.54) is 13.2 Å². The maximum Gasteiger partial charge on any atom is 0.328 e. The number of nitrogens with one attached hydrogen (secondary N) is 2. The van der Waals surface area contributed by atoms with Crippen molar-refractivity contribution in [1.82, 2.24) is 9.97 Å². The van der Waals surface area contributed by atoms with E-state index in [4.69, 9.17) is 46.4 Å². The van der Waals surface area contributed by atoms with E-state index in [9.17, 15) is 4.79 Å². The summed E-state index contributed by atoms with van der Waals surface area (Å²) in [5.74, 6) is 0.796. The summed E-state index contributed by atoms with van der Waals surface area (Å²) in [7, 11) is 1.50. The predicted octanol–water partition coefficient (Wildman–Crippen LogP) is 3.74. The highest BCUT2D eigenvalue weighted by Crippen LogP contribution is 2.41. The summed E-state index contributed by atoms with van der Waals surface area (Å²) in [6, 6.07) is 9.41. The molecule has 3 aromatic rings. The van der Waals surface area contributed by atoms with Crippen molar-refractivity contribution in [3.05, 3.63) is 47.0 Å². The Morgan fingerprint density at radius 3 is 2.71 bits per heavy atom.